The molecular weight excluding hydrogens is 170 g/mol. The van der Waals surface area contributed by atoms with Crippen molar-refractivity contribution in [3.8, 4) is 12.3 Å². The summed E-state index contributed by atoms with van der Waals surface area (Å²) in [4.78, 5) is 0. The highest BCUT2D eigenvalue weighted by Crippen LogP contribution is 2.06. The maximum absolute atomic E-state index is 5.36. The zero-order chi connectivity index (χ0) is 10.4. The molecule has 0 bridgehead atoms. The molecule has 1 unspecified atom stereocenters. The van der Waals surface area contributed by atoms with Crippen molar-refractivity contribution in [1.29, 1.82) is 0 Å². The molecule has 0 saturated carbocycles. The molecule has 1 aromatic carbocycles. The van der Waals surface area contributed by atoms with E-state index in [0.717, 1.165) is 12.8 Å². The largest absolute Gasteiger partial charge is 0.307 e. The molecule has 1 rings (SSSR count). The predicted octanol–water partition coefficient (Wildman–Crippen LogP) is 2.15. The lowest BCUT2D eigenvalue weighted by Crippen LogP contribution is -2.23. The summed E-state index contributed by atoms with van der Waals surface area (Å²) in [6, 6.07) is 8.80. The van der Waals surface area contributed by atoms with Crippen molar-refractivity contribution in [2.75, 3.05) is 7.05 Å². The Morgan fingerprint density at radius 2 is 2.00 bits per heavy atom. The summed E-state index contributed by atoms with van der Waals surface area (Å²) in [6.45, 7) is 2.10. The summed E-state index contributed by atoms with van der Waals surface area (Å²) in [7, 11) is 1.90. The van der Waals surface area contributed by atoms with E-state index in [1.807, 2.05) is 7.05 Å². The minimum Gasteiger partial charge on any atom is -0.307 e. The molecule has 0 amide bonds. The molecule has 0 aromatic heterocycles. The summed E-state index contributed by atoms with van der Waals surface area (Å²) in [6.07, 6.45) is 7.39. The molecule has 14 heavy (non-hydrogen) atoms. The molecular formula is C13H17N. The molecule has 0 aliphatic carbocycles. The van der Waals surface area contributed by atoms with Gasteiger partial charge < -0.3 is 5.32 Å². The van der Waals surface area contributed by atoms with Crippen LogP contribution in [-0.4, -0.2) is 13.1 Å². The van der Waals surface area contributed by atoms with E-state index in [0.29, 0.717) is 0 Å². The zero-order valence-electron chi connectivity index (χ0n) is 8.88. The summed E-state index contributed by atoms with van der Waals surface area (Å²) in [5.74, 6) is 2.72. The lowest BCUT2D eigenvalue weighted by atomic mass is 10.0. The third-order valence-corrected chi connectivity index (χ3v) is 2.39. The van der Waals surface area contributed by atoms with Gasteiger partial charge in [0, 0.05) is 0 Å². The first kappa shape index (κ1) is 10.8. The fourth-order valence-corrected chi connectivity index (χ4v) is 1.38. The first-order valence-corrected chi connectivity index (χ1v) is 4.95. The highest BCUT2D eigenvalue weighted by atomic mass is 14.8. The van der Waals surface area contributed by atoms with Gasteiger partial charge in [0.2, 0.25) is 0 Å². The number of hydrogen-bond acceptors (Lipinski definition) is 1. The van der Waals surface area contributed by atoms with Crippen LogP contribution in [0.5, 0.6) is 0 Å². The van der Waals surface area contributed by atoms with Gasteiger partial charge in [0.1, 0.15) is 0 Å². The second-order valence-electron chi connectivity index (χ2n) is 3.53. The molecule has 0 fully saturated rings. The number of terminal acetylenes is 1. The minimum atomic E-state index is 0.191. The molecule has 1 heteroatoms. The van der Waals surface area contributed by atoms with Crippen molar-refractivity contribution in [2.45, 2.75) is 25.8 Å². The lowest BCUT2D eigenvalue weighted by molar-refractivity contribution is 0.631. The molecule has 1 aromatic rings. The fraction of sp³-hybridized carbons (Fsp3) is 0.385. The molecule has 1 atom stereocenters. The summed E-state index contributed by atoms with van der Waals surface area (Å²) in [5.41, 5.74) is 2.65. The van der Waals surface area contributed by atoms with Crippen molar-refractivity contribution in [3.05, 3.63) is 35.4 Å². The molecule has 74 valence electrons. The average molecular weight is 187 g/mol. The molecule has 0 heterocycles. The Balaban J connectivity index is 2.46. The van der Waals surface area contributed by atoms with Crippen LogP contribution in [0.2, 0.25) is 0 Å². The Bertz CT molecular complexity index is 305. The Morgan fingerprint density at radius 3 is 2.50 bits per heavy atom. The van der Waals surface area contributed by atoms with Gasteiger partial charge in [0.15, 0.2) is 0 Å². The third-order valence-electron chi connectivity index (χ3n) is 2.39. The van der Waals surface area contributed by atoms with E-state index in [1.165, 1.54) is 11.1 Å². The van der Waals surface area contributed by atoms with Crippen LogP contribution >= 0.6 is 0 Å². The lowest BCUT2D eigenvalue weighted by Gasteiger charge is -2.08. The molecule has 0 radical (unpaired) electrons. The highest BCUT2D eigenvalue weighted by Gasteiger charge is 2.01. The van der Waals surface area contributed by atoms with Gasteiger partial charge in [-0.2, -0.15) is 0 Å². The summed E-state index contributed by atoms with van der Waals surface area (Å²) < 4.78 is 0. The Morgan fingerprint density at radius 1 is 1.36 bits per heavy atom. The van der Waals surface area contributed by atoms with Crippen LogP contribution in [0, 0.1) is 19.3 Å². The standard InChI is InChI=1S/C13H17N/c1-4-13(14-3)10-9-12-7-5-11(2)6-8-12/h1,5-8,13-14H,9-10H2,2-3H3. The zero-order valence-corrected chi connectivity index (χ0v) is 8.88. The van der Waals surface area contributed by atoms with E-state index in [2.05, 4.69) is 42.4 Å². The molecule has 0 aliphatic heterocycles. The van der Waals surface area contributed by atoms with Gasteiger partial charge in [-0.25, -0.2) is 0 Å². The predicted molar refractivity (Wildman–Crippen MR) is 61.2 cm³/mol. The first-order chi connectivity index (χ1) is 6.76. The first-order valence-electron chi connectivity index (χ1n) is 4.95. The van der Waals surface area contributed by atoms with Crippen LogP contribution in [0.25, 0.3) is 0 Å². The van der Waals surface area contributed by atoms with E-state index < -0.39 is 0 Å². The van der Waals surface area contributed by atoms with E-state index in [1.54, 1.807) is 0 Å². The van der Waals surface area contributed by atoms with Crippen molar-refractivity contribution in [1.82, 2.24) is 5.32 Å². The number of aryl methyl sites for hydroxylation is 2. The van der Waals surface area contributed by atoms with Crippen LogP contribution < -0.4 is 5.32 Å². The minimum absolute atomic E-state index is 0.191. The molecule has 0 aliphatic rings. The number of rotatable bonds is 4. The fourth-order valence-electron chi connectivity index (χ4n) is 1.38. The molecule has 0 spiro atoms. The number of benzene rings is 1. The monoisotopic (exact) mass is 187 g/mol. The van der Waals surface area contributed by atoms with Crippen molar-refractivity contribution < 1.29 is 0 Å². The summed E-state index contributed by atoms with van der Waals surface area (Å²) >= 11 is 0. The molecule has 0 saturated heterocycles. The van der Waals surface area contributed by atoms with Crippen LogP contribution in [0.15, 0.2) is 24.3 Å². The Kier molecular flexibility index (Phi) is 4.22. The van der Waals surface area contributed by atoms with Gasteiger partial charge in [0.25, 0.3) is 0 Å². The van der Waals surface area contributed by atoms with Crippen LogP contribution in [0.3, 0.4) is 0 Å². The third kappa shape index (κ3) is 3.24. The van der Waals surface area contributed by atoms with Crippen molar-refractivity contribution >= 4 is 0 Å². The number of hydrogen-bond donors (Lipinski definition) is 1. The Hall–Kier alpha value is -1.26. The SMILES string of the molecule is C#CC(CCc1ccc(C)cc1)NC. The van der Waals surface area contributed by atoms with E-state index in [9.17, 15) is 0 Å². The number of nitrogens with one attached hydrogen (secondary N) is 1. The van der Waals surface area contributed by atoms with Gasteiger partial charge in [-0.1, -0.05) is 35.7 Å². The highest BCUT2D eigenvalue weighted by molar-refractivity contribution is 5.21. The normalized spacial score (nSPS) is 12.1. The maximum atomic E-state index is 5.36. The summed E-state index contributed by atoms with van der Waals surface area (Å²) in [5, 5.41) is 3.10. The van der Waals surface area contributed by atoms with E-state index in [-0.39, 0.29) is 6.04 Å². The van der Waals surface area contributed by atoms with Gasteiger partial charge in [-0.05, 0) is 32.4 Å². The van der Waals surface area contributed by atoms with E-state index in [4.69, 9.17) is 6.42 Å². The topological polar surface area (TPSA) is 12.0 Å². The van der Waals surface area contributed by atoms with Crippen molar-refractivity contribution in [2.24, 2.45) is 0 Å². The average Bonchev–Trinajstić information content (AvgIpc) is 2.22. The maximum Gasteiger partial charge on any atom is 0.0687 e. The second-order valence-corrected chi connectivity index (χ2v) is 3.53. The quantitative estimate of drug-likeness (QED) is 0.712. The molecule has 1 N–H and O–H groups in total. The van der Waals surface area contributed by atoms with Gasteiger partial charge in [-0.3, -0.25) is 0 Å². The van der Waals surface area contributed by atoms with Gasteiger partial charge in [0.05, 0.1) is 6.04 Å². The van der Waals surface area contributed by atoms with Crippen LogP contribution in [-0.2, 0) is 6.42 Å². The van der Waals surface area contributed by atoms with Crippen molar-refractivity contribution in [3.63, 3.8) is 0 Å². The van der Waals surface area contributed by atoms with E-state index >= 15 is 0 Å². The van der Waals surface area contributed by atoms with Gasteiger partial charge in [-0.15, -0.1) is 6.42 Å². The van der Waals surface area contributed by atoms with Crippen LogP contribution in [0.4, 0.5) is 0 Å². The van der Waals surface area contributed by atoms with Crippen LogP contribution in [0.1, 0.15) is 17.5 Å². The smallest absolute Gasteiger partial charge is 0.0687 e. The molecule has 1 nitrogen and oxygen atoms in total. The Labute approximate surface area is 86.5 Å². The van der Waals surface area contributed by atoms with Gasteiger partial charge >= 0.3 is 0 Å². The second kappa shape index (κ2) is 5.47.